The summed E-state index contributed by atoms with van der Waals surface area (Å²) in [6.07, 6.45) is 0.113. The Balaban J connectivity index is 0.00000225. The van der Waals surface area contributed by atoms with E-state index < -0.39 is 0 Å². The van der Waals surface area contributed by atoms with Gasteiger partial charge in [0, 0.05) is 13.1 Å². The van der Waals surface area contributed by atoms with Crippen LogP contribution in [-0.4, -0.2) is 40.0 Å². The van der Waals surface area contributed by atoms with Crippen LogP contribution >= 0.6 is 24.2 Å². The summed E-state index contributed by atoms with van der Waals surface area (Å²) in [6.45, 7) is 2.49. The van der Waals surface area contributed by atoms with Crippen LogP contribution in [-0.2, 0) is 4.74 Å². The van der Waals surface area contributed by atoms with Crippen LogP contribution in [0.1, 0.15) is 10.8 Å². The summed E-state index contributed by atoms with van der Waals surface area (Å²) in [6, 6.07) is 16.3. The van der Waals surface area contributed by atoms with Crippen LogP contribution < -0.4 is 14.8 Å². The minimum Gasteiger partial charge on any atom is -0.497 e. The molecular weight excluding hydrogens is 358 g/mol. The Morgan fingerprint density at radius 1 is 1.08 bits per heavy atom. The van der Waals surface area contributed by atoms with Crippen LogP contribution in [0.2, 0.25) is 0 Å². The number of benzene rings is 2. The molecule has 0 spiro atoms. The Labute approximate surface area is 159 Å². The first-order valence-electron chi connectivity index (χ1n) is 8.08. The maximum absolute atomic E-state index is 6.04. The highest BCUT2D eigenvalue weighted by molar-refractivity contribution is 7.99. The van der Waals surface area contributed by atoms with Gasteiger partial charge in [-0.3, -0.25) is 0 Å². The molecule has 2 aromatic rings. The van der Waals surface area contributed by atoms with E-state index in [1.165, 1.54) is 5.56 Å². The van der Waals surface area contributed by atoms with E-state index in [1.807, 2.05) is 30.3 Å². The van der Waals surface area contributed by atoms with Crippen molar-refractivity contribution in [3.63, 3.8) is 0 Å². The van der Waals surface area contributed by atoms with Gasteiger partial charge in [-0.25, -0.2) is 0 Å². The topological polar surface area (TPSA) is 39.7 Å². The summed E-state index contributed by atoms with van der Waals surface area (Å²) in [5.74, 6) is 1.76. The predicted molar refractivity (Wildman–Crippen MR) is 104 cm³/mol. The van der Waals surface area contributed by atoms with Crippen molar-refractivity contribution in [3.8, 4) is 11.5 Å². The van der Waals surface area contributed by atoms with Gasteiger partial charge in [0.1, 0.15) is 11.5 Å². The van der Waals surface area contributed by atoms with Gasteiger partial charge in [0.25, 0.3) is 0 Å². The number of halogens is 1. The van der Waals surface area contributed by atoms with Crippen molar-refractivity contribution in [1.82, 2.24) is 5.32 Å². The number of para-hydroxylation sites is 1. The van der Waals surface area contributed by atoms with Crippen LogP contribution in [0.15, 0.2) is 53.4 Å². The van der Waals surface area contributed by atoms with Crippen molar-refractivity contribution < 1.29 is 14.2 Å². The molecule has 2 aromatic carbocycles. The summed E-state index contributed by atoms with van der Waals surface area (Å²) in [5.41, 5.74) is 1.22. The molecule has 1 fully saturated rings. The van der Waals surface area contributed by atoms with Crippen molar-refractivity contribution in [2.24, 2.45) is 0 Å². The lowest BCUT2D eigenvalue weighted by molar-refractivity contribution is 0.0273. The molecule has 4 nitrogen and oxygen atoms in total. The molecule has 0 aromatic heterocycles. The summed E-state index contributed by atoms with van der Waals surface area (Å²) < 4.78 is 16.8. The monoisotopic (exact) mass is 381 g/mol. The first-order chi connectivity index (χ1) is 11.8. The van der Waals surface area contributed by atoms with Crippen LogP contribution in [0.25, 0.3) is 0 Å². The van der Waals surface area contributed by atoms with E-state index in [1.54, 1.807) is 26.0 Å². The number of ether oxygens (including phenoxy) is 3. The lowest BCUT2D eigenvalue weighted by Crippen LogP contribution is -2.41. The van der Waals surface area contributed by atoms with Gasteiger partial charge in [0.15, 0.2) is 0 Å². The zero-order valence-electron chi connectivity index (χ0n) is 14.4. The second kappa shape index (κ2) is 9.92. The SMILES string of the molecule is COc1ccc([C@@H](Sc2ccccc2OC)[C@H]2CNCCO2)cc1.Cl. The van der Waals surface area contributed by atoms with Gasteiger partial charge >= 0.3 is 0 Å². The Kier molecular flexibility index (Phi) is 7.90. The highest BCUT2D eigenvalue weighted by Crippen LogP contribution is 2.43. The van der Waals surface area contributed by atoms with E-state index in [-0.39, 0.29) is 23.8 Å². The molecule has 0 radical (unpaired) electrons. The maximum Gasteiger partial charge on any atom is 0.132 e. The van der Waals surface area contributed by atoms with Crippen LogP contribution in [0.3, 0.4) is 0 Å². The number of rotatable bonds is 6. The Morgan fingerprint density at radius 3 is 2.48 bits per heavy atom. The third-order valence-electron chi connectivity index (χ3n) is 4.06. The Bertz CT molecular complexity index is 647. The van der Waals surface area contributed by atoms with Crippen LogP contribution in [0, 0.1) is 0 Å². The smallest absolute Gasteiger partial charge is 0.132 e. The molecule has 1 saturated heterocycles. The van der Waals surface area contributed by atoms with Crippen molar-refractivity contribution in [3.05, 3.63) is 54.1 Å². The molecule has 0 aliphatic carbocycles. The van der Waals surface area contributed by atoms with Crippen molar-refractivity contribution in [2.75, 3.05) is 33.9 Å². The van der Waals surface area contributed by atoms with Gasteiger partial charge in [-0.05, 0) is 29.8 Å². The van der Waals surface area contributed by atoms with Gasteiger partial charge in [-0.15, -0.1) is 24.2 Å². The first-order valence-corrected chi connectivity index (χ1v) is 8.95. The zero-order chi connectivity index (χ0) is 16.8. The first kappa shape index (κ1) is 19.9. The molecular formula is C19H24ClNO3S. The average Bonchev–Trinajstić information content (AvgIpc) is 2.67. The molecule has 0 amide bonds. The number of hydrogen-bond donors (Lipinski definition) is 1. The molecule has 1 aliphatic rings. The number of methoxy groups -OCH3 is 2. The predicted octanol–water partition coefficient (Wildman–Crippen LogP) is 3.95. The number of thioether (sulfide) groups is 1. The Morgan fingerprint density at radius 2 is 1.84 bits per heavy atom. The molecule has 0 saturated carbocycles. The zero-order valence-corrected chi connectivity index (χ0v) is 16.1. The molecule has 0 bridgehead atoms. The summed E-state index contributed by atoms with van der Waals surface area (Å²) in [4.78, 5) is 1.12. The molecule has 6 heteroatoms. The van der Waals surface area contributed by atoms with Gasteiger partial charge in [0.05, 0.1) is 37.1 Å². The Hall–Kier alpha value is -1.40. The number of morpholine rings is 1. The molecule has 1 N–H and O–H groups in total. The second-order valence-electron chi connectivity index (χ2n) is 5.58. The third-order valence-corrected chi connectivity index (χ3v) is 5.48. The standard InChI is InChI=1S/C19H23NO3S.ClH/c1-21-15-9-7-14(8-10-15)19(17-13-20-11-12-23-17)24-18-6-4-3-5-16(18)22-2;/h3-10,17,19-20H,11-13H2,1-2H3;1H/t17-,19-;/m1./s1. The summed E-state index contributed by atoms with van der Waals surface area (Å²) in [7, 11) is 3.39. The van der Waals surface area contributed by atoms with Gasteiger partial charge < -0.3 is 19.5 Å². The highest BCUT2D eigenvalue weighted by Gasteiger charge is 2.28. The largest absolute Gasteiger partial charge is 0.497 e. The summed E-state index contributed by atoms with van der Waals surface area (Å²) >= 11 is 1.78. The molecule has 25 heavy (non-hydrogen) atoms. The van der Waals surface area contributed by atoms with Gasteiger partial charge in [-0.2, -0.15) is 0 Å². The highest BCUT2D eigenvalue weighted by atomic mass is 35.5. The fourth-order valence-corrected chi connectivity index (χ4v) is 4.10. The minimum absolute atomic E-state index is 0. The average molecular weight is 382 g/mol. The molecule has 136 valence electrons. The van der Waals surface area contributed by atoms with E-state index in [0.717, 1.165) is 36.1 Å². The van der Waals surface area contributed by atoms with E-state index in [0.29, 0.717) is 0 Å². The van der Waals surface area contributed by atoms with Gasteiger partial charge in [0.2, 0.25) is 0 Å². The van der Waals surface area contributed by atoms with Gasteiger partial charge in [-0.1, -0.05) is 24.3 Å². The van der Waals surface area contributed by atoms with Crippen LogP contribution in [0.4, 0.5) is 0 Å². The normalized spacial score (nSPS) is 18.1. The minimum atomic E-state index is 0. The maximum atomic E-state index is 6.04. The van der Waals surface area contributed by atoms with E-state index in [9.17, 15) is 0 Å². The molecule has 1 heterocycles. The van der Waals surface area contributed by atoms with Crippen molar-refractivity contribution in [1.29, 1.82) is 0 Å². The molecule has 3 rings (SSSR count). The fraction of sp³-hybridized carbons (Fsp3) is 0.368. The molecule has 2 atom stereocenters. The quantitative estimate of drug-likeness (QED) is 0.767. The van der Waals surface area contributed by atoms with Crippen molar-refractivity contribution in [2.45, 2.75) is 16.2 Å². The fourth-order valence-electron chi connectivity index (χ4n) is 2.79. The second-order valence-corrected chi connectivity index (χ2v) is 6.76. The number of hydrogen-bond acceptors (Lipinski definition) is 5. The lowest BCUT2D eigenvalue weighted by atomic mass is 10.1. The van der Waals surface area contributed by atoms with E-state index in [2.05, 4.69) is 23.5 Å². The van der Waals surface area contributed by atoms with Crippen LogP contribution in [0.5, 0.6) is 11.5 Å². The lowest BCUT2D eigenvalue weighted by Gasteiger charge is -2.31. The summed E-state index contributed by atoms with van der Waals surface area (Å²) in [5, 5.41) is 3.61. The van der Waals surface area contributed by atoms with Crippen molar-refractivity contribution >= 4 is 24.2 Å². The molecule has 1 aliphatic heterocycles. The van der Waals surface area contributed by atoms with E-state index >= 15 is 0 Å². The third kappa shape index (κ3) is 5.05. The van der Waals surface area contributed by atoms with E-state index in [4.69, 9.17) is 14.2 Å². The number of nitrogens with one attached hydrogen (secondary N) is 1. The molecule has 0 unspecified atom stereocenters.